The van der Waals surface area contributed by atoms with E-state index < -0.39 is 0 Å². The van der Waals surface area contributed by atoms with Gasteiger partial charge in [-0.25, -0.2) is 0 Å². The molecule has 0 bridgehead atoms. The molecule has 0 saturated heterocycles. The first-order chi connectivity index (χ1) is 6.22. The van der Waals surface area contributed by atoms with Crippen LogP contribution in [0.25, 0.3) is 0 Å². The summed E-state index contributed by atoms with van der Waals surface area (Å²) in [6.07, 6.45) is 0.469. The lowest BCUT2D eigenvalue weighted by atomic mass is 10.5. The van der Waals surface area contributed by atoms with Crippen LogP contribution in [-0.2, 0) is 9.53 Å². The van der Waals surface area contributed by atoms with Crippen molar-refractivity contribution >= 4 is 45.0 Å². The summed E-state index contributed by atoms with van der Waals surface area (Å²) < 4.78 is 6.87. The first kappa shape index (κ1) is 11.1. The second kappa shape index (κ2) is 5.67. The van der Waals surface area contributed by atoms with E-state index >= 15 is 0 Å². The first-order valence-corrected chi connectivity index (χ1v) is 6.27. The standard InChI is InChI=1S/C8H9BrO2S2/c1-11-7(10)4-5-12-8-3-2-6(9)13-8/h2-3H,4-5H2,1H3. The minimum Gasteiger partial charge on any atom is -0.469 e. The van der Waals surface area contributed by atoms with Crippen LogP contribution in [0.3, 0.4) is 0 Å². The molecule has 0 aliphatic rings. The van der Waals surface area contributed by atoms with Crippen LogP contribution in [0.2, 0.25) is 0 Å². The second-order valence-electron chi connectivity index (χ2n) is 2.23. The van der Waals surface area contributed by atoms with Crippen LogP contribution in [-0.4, -0.2) is 18.8 Å². The van der Waals surface area contributed by atoms with E-state index in [2.05, 4.69) is 20.7 Å². The van der Waals surface area contributed by atoms with Gasteiger partial charge >= 0.3 is 5.97 Å². The number of hydrogen-bond donors (Lipinski definition) is 0. The molecule has 2 nitrogen and oxygen atoms in total. The van der Waals surface area contributed by atoms with E-state index in [1.807, 2.05) is 12.1 Å². The third-order valence-corrected chi connectivity index (χ3v) is 4.18. The van der Waals surface area contributed by atoms with Gasteiger partial charge in [-0.3, -0.25) is 4.79 Å². The average molecular weight is 281 g/mol. The van der Waals surface area contributed by atoms with Crippen molar-refractivity contribution in [1.82, 2.24) is 0 Å². The molecule has 0 fully saturated rings. The number of carbonyl (C=O) groups is 1. The van der Waals surface area contributed by atoms with E-state index in [1.54, 1.807) is 23.1 Å². The summed E-state index contributed by atoms with van der Waals surface area (Å²) in [5.41, 5.74) is 0. The number of hydrogen-bond acceptors (Lipinski definition) is 4. The highest BCUT2D eigenvalue weighted by Gasteiger charge is 2.02. The minimum absolute atomic E-state index is 0.150. The molecule has 72 valence electrons. The Morgan fingerprint density at radius 3 is 3.00 bits per heavy atom. The quantitative estimate of drug-likeness (QED) is 0.626. The molecule has 0 amide bonds. The van der Waals surface area contributed by atoms with E-state index in [9.17, 15) is 4.79 Å². The summed E-state index contributed by atoms with van der Waals surface area (Å²) in [6, 6.07) is 4.04. The van der Waals surface area contributed by atoms with Gasteiger partial charge in [-0.05, 0) is 28.1 Å². The highest BCUT2D eigenvalue weighted by atomic mass is 79.9. The third kappa shape index (κ3) is 4.15. The summed E-state index contributed by atoms with van der Waals surface area (Å²) in [6.45, 7) is 0. The zero-order chi connectivity index (χ0) is 9.68. The van der Waals surface area contributed by atoms with Crippen LogP contribution in [0.15, 0.2) is 20.1 Å². The van der Waals surface area contributed by atoms with E-state index in [0.717, 1.165) is 9.54 Å². The molecule has 0 atom stereocenters. The van der Waals surface area contributed by atoms with Crippen LogP contribution in [0.4, 0.5) is 0 Å². The maximum absolute atomic E-state index is 10.8. The fourth-order valence-corrected chi connectivity index (χ4v) is 3.54. The molecular weight excluding hydrogens is 272 g/mol. The Bertz CT molecular complexity index is 285. The molecule has 0 spiro atoms. The number of esters is 1. The molecule has 5 heteroatoms. The molecule has 1 rings (SSSR count). The number of thioether (sulfide) groups is 1. The molecule has 1 aromatic rings. The number of methoxy groups -OCH3 is 1. The van der Waals surface area contributed by atoms with Crippen LogP contribution < -0.4 is 0 Å². The summed E-state index contributed by atoms with van der Waals surface area (Å²) in [7, 11) is 1.41. The fraction of sp³-hybridized carbons (Fsp3) is 0.375. The smallest absolute Gasteiger partial charge is 0.306 e. The van der Waals surface area contributed by atoms with Gasteiger partial charge in [0.25, 0.3) is 0 Å². The SMILES string of the molecule is COC(=O)CCSc1ccc(Br)s1. The van der Waals surface area contributed by atoms with Gasteiger partial charge < -0.3 is 4.74 Å². The lowest BCUT2D eigenvalue weighted by Crippen LogP contribution is -2.00. The zero-order valence-corrected chi connectivity index (χ0v) is 10.3. The fourth-order valence-electron chi connectivity index (χ4n) is 0.712. The Kier molecular flexibility index (Phi) is 4.83. The predicted octanol–water partition coefficient (Wildman–Crippen LogP) is 3.17. The van der Waals surface area contributed by atoms with Crippen molar-refractivity contribution in [1.29, 1.82) is 0 Å². The van der Waals surface area contributed by atoms with Crippen molar-refractivity contribution in [3.8, 4) is 0 Å². The third-order valence-electron chi connectivity index (χ3n) is 1.33. The Morgan fingerprint density at radius 1 is 1.69 bits per heavy atom. The monoisotopic (exact) mass is 280 g/mol. The van der Waals surface area contributed by atoms with Crippen LogP contribution in [0, 0.1) is 0 Å². The van der Waals surface area contributed by atoms with Crippen LogP contribution in [0.5, 0.6) is 0 Å². The van der Waals surface area contributed by atoms with Crippen LogP contribution >= 0.6 is 39.0 Å². The molecule has 0 radical (unpaired) electrons. The van der Waals surface area contributed by atoms with E-state index in [-0.39, 0.29) is 5.97 Å². The first-order valence-electron chi connectivity index (χ1n) is 3.67. The molecule has 0 unspecified atom stereocenters. The molecule has 13 heavy (non-hydrogen) atoms. The molecule has 0 aromatic carbocycles. The highest BCUT2D eigenvalue weighted by molar-refractivity contribution is 9.11. The second-order valence-corrected chi connectivity index (χ2v) is 6.09. The lowest BCUT2D eigenvalue weighted by Gasteiger charge is -1.96. The largest absolute Gasteiger partial charge is 0.469 e. The number of halogens is 1. The van der Waals surface area contributed by atoms with Gasteiger partial charge in [-0.15, -0.1) is 23.1 Å². The maximum Gasteiger partial charge on any atom is 0.306 e. The topological polar surface area (TPSA) is 26.3 Å². The molecule has 1 aromatic heterocycles. The zero-order valence-electron chi connectivity index (χ0n) is 7.08. The van der Waals surface area contributed by atoms with Crippen molar-refractivity contribution in [3.63, 3.8) is 0 Å². The normalized spacial score (nSPS) is 10.0. The van der Waals surface area contributed by atoms with Crippen molar-refractivity contribution in [3.05, 3.63) is 15.9 Å². The number of thiophene rings is 1. The van der Waals surface area contributed by atoms with E-state index in [1.165, 1.54) is 11.3 Å². The van der Waals surface area contributed by atoms with Gasteiger partial charge in [0.1, 0.15) is 0 Å². The summed E-state index contributed by atoms with van der Waals surface area (Å²) in [4.78, 5) is 10.8. The van der Waals surface area contributed by atoms with Crippen molar-refractivity contribution < 1.29 is 9.53 Å². The summed E-state index contributed by atoms with van der Waals surface area (Å²) >= 11 is 6.73. The summed E-state index contributed by atoms with van der Waals surface area (Å²) in [5, 5.41) is 0. The Balaban J connectivity index is 2.24. The minimum atomic E-state index is -0.150. The van der Waals surface area contributed by atoms with Gasteiger partial charge in [0.2, 0.25) is 0 Å². The average Bonchev–Trinajstić information content (AvgIpc) is 2.51. The maximum atomic E-state index is 10.8. The Morgan fingerprint density at radius 2 is 2.46 bits per heavy atom. The Hall–Kier alpha value is -0.0000000000000000833. The molecule has 1 heterocycles. The van der Waals surface area contributed by atoms with Gasteiger partial charge in [0.05, 0.1) is 21.5 Å². The van der Waals surface area contributed by atoms with Gasteiger partial charge in [0.15, 0.2) is 0 Å². The van der Waals surface area contributed by atoms with Crippen LogP contribution in [0.1, 0.15) is 6.42 Å². The van der Waals surface area contributed by atoms with Gasteiger partial charge in [-0.2, -0.15) is 0 Å². The number of ether oxygens (including phenoxy) is 1. The molecular formula is C8H9BrO2S2. The van der Waals surface area contributed by atoms with Crippen molar-refractivity contribution in [2.45, 2.75) is 10.6 Å². The molecule has 0 saturated carbocycles. The lowest BCUT2D eigenvalue weighted by molar-refractivity contribution is -0.140. The molecule has 0 N–H and O–H groups in total. The predicted molar refractivity (Wildman–Crippen MR) is 59.4 cm³/mol. The highest BCUT2D eigenvalue weighted by Crippen LogP contribution is 2.30. The summed E-state index contributed by atoms with van der Waals surface area (Å²) in [5.74, 6) is 0.628. The van der Waals surface area contributed by atoms with E-state index in [0.29, 0.717) is 6.42 Å². The Labute approximate surface area is 93.8 Å². The number of carbonyl (C=O) groups excluding carboxylic acids is 1. The number of rotatable bonds is 4. The molecule has 0 aliphatic heterocycles. The van der Waals surface area contributed by atoms with Gasteiger partial charge in [-0.1, -0.05) is 0 Å². The van der Waals surface area contributed by atoms with Crippen molar-refractivity contribution in [2.24, 2.45) is 0 Å². The van der Waals surface area contributed by atoms with Crippen molar-refractivity contribution in [2.75, 3.05) is 12.9 Å². The molecule has 0 aliphatic carbocycles. The van der Waals surface area contributed by atoms with E-state index in [4.69, 9.17) is 0 Å². The van der Waals surface area contributed by atoms with Gasteiger partial charge in [0, 0.05) is 5.75 Å².